The molecular weight excluding hydrogens is 572 g/mol. The van der Waals surface area contributed by atoms with Crippen LogP contribution >= 0.6 is 0 Å². The first-order valence-electron chi connectivity index (χ1n) is 15.2. The van der Waals surface area contributed by atoms with Gasteiger partial charge in [0, 0.05) is 83.8 Å². The zero-order valence-corrected chi connectivity index (χ0v) is 25.9. The summed E-state index contributed by atoms with van der Waals surface area (Å²) in [6, 6.07) is 16.3. The van der Waals surface area contributed by atoms with Gasteiger partial charge in [-0.2, -0.15) is 0 Å². The first-order valence-corrected chi connectivity index (χ1v) is 15.2. The van der Waals surface area contributed by atoms with E-state index in [4.69, 9.17) is 4.42 Å². The van der Waals surface area contributed by atoms with Gasteiger partial charge in [0.15, 0.2) is 0 Å². The van der Waals surface area contributed by atoms with Crippen molar-refractivity contribution < 1.29 is 28.7 Å². The minimum absolute atomic E-state index is 0.00170. The van der Waals surface area contributed by atoms with Crippen molar-refractivity contribution in [1.82, 2.24) is 14.8 Å². The zero-order chi connectivity index (χ0) is 32.2. The highest BCUT2D eigenvalue weighted by Crippen LogP contribution is 2.42. The molecule has 0 aromatic heterocycles. The summed E-state index contributed by atoms with van der Waals surface area (Å²) < 4.78 is 8.70. The molecule has 3 amide bonds. The maximum atomic E-state index is 13.0. The fourth-order valence-corrected chi connectivity index (χ4v) is 5.84. The molecule has 0 bridgehead atoms. The number of hydrogen-bond acceptors (Lipinski definition) is 7. The number of rotatable bonds is 11. The van der Waals surface area contributed by atoms with Crippen molar-refractivity contribution in [3.63, 3.8) is 0 Å². The molecule has 0 unspecified atom stereocenters. The predicted molar refractivity (Wildman–Crippen MR) is 171 cm³/mol. The summed E-state index contributed by atoms with van der Waals surface area (Å²) in [7, 11) is 0. The van der Waals surface area contributed by atoms with Crippen molar-refractivity contribution in [1.29, 1.82) is 0 Å². The third-order valence-corrected chi connectivity index (χ3v) is 8.24. The van der Waals surface area contributed by atoms with Gasteiger partial charge in [-0.15, -0.1) is 0 Å². The van der Waals surface area contributed by atoms with Gasteiger partial charge in [-0.05, 0) is 63.6 Å². The molecule has 2 aromatic carbocycles. The Hall–Kier alpha value is -5.25. The molecule has 0 radical (unpaired) electrons. The second-order valence-corrected chi connectivity index (χ2v) is 10.6. The summed E-state index contributed by atoms with van der Waals surface area (Å²) >= 11 is 0. The molecule has 2 aromatic rings. The first kappa shape index (κ1) is 31.2. The van der Waals surface area contributed by atoms with Gasteiger partial charge in [0.05, 0.1) is 12.0 Å². The first-order chi connectivity index (χ1) is 21.7. The van der Waals surface area contributed by atoms with Crippen molar-refractivity contribution in [2.24, 2.45) is 0 Å². The van der Waals surface area contributed by atoms with Gasteiger partial charge in [-0.3, -0.25) is 19.3 Å². The molecule has 10 heteroatoms. The Morgan fingerprint density at radius 2 is 1.58 bits per heavy atom. The van der Waals surface area contributed by atoms with Gasteiger partial charge in [0.2, 0.25) is 5.36 Å². The number of hydrogen-bond donors (Lipinski definition) is 1. The van der Waals surface area contributed by atoms with Gasteiger partial charge in [-0.25, -0.2) is 4.58 Å². The van der Waals surface area contributed by atoms with E-state index in [0.717, 1.165) is 53.1 Å². The lowest BCUT2D eigenvalue weighted by Crippen LogP contribution is -2.38. The number of amides is 3. The summed E-state index contributed by atoms with van der Waals surface area (Å²) in [5, 5.41) is 16.9. The van der Waals surface area contributed by atoms with Crippen LogP contribution in [0.2, 0.25) is 0 Å². The average molecular weight is 609 g/mol. The van der Waals surface area contributed by atoms with E-state index >= 15 is 0 Å². The van der Waals surface area contributed by atoms with Crippen molar-refractivity contribution >= 4 is 40.3 Å². The fraction of sp³-hybridized carbons (Fsp3) is 0.286. The Bertz CT molecular complexity index is 1860. The Balaban J connectivity index is 1.62. The second kappa shape index (κ2) is 13.2. The van der Waals surface area contributed by atoms with Gasteiger partial charge < -0.3 is 24.5 Å². The van der Waals surface area contributed by atoms with E-state index in [-0.39, 0.29) is 24.2 Å². The van der Waals surface area contributed by atoms with Crippen LogP contribution in [0.15, 0.2) is 71.2 Å². The number of carboxylic acids is 1. The molecule has 1 aliphatic carbocycles. The molecule has 232 valence electrons. The highest BCUT2D eigenvalue weighted by atomic mass is 16.4. The van der Waals surface area contributed by atoms with Gasteiger partial charge >= 0.3 is 0 Å². The molecule has 45 heavy (non-hydrogen) atoms. The van der Waals surface area contributed by atoms with Crippen LogP contribution in [0.5, 0.6) is 0 Å². The molecule has 2 heterocycles. The third-order valence-electron chi connectivity index (χ3n) is 8.24. The van der Waals surface area contributed by atoms with Crippen LogP contribution in [0.25, 0.3) is 33.4 Å². The molecule has 0 saturated carbocycles. The molecule has 10 nitrogen and oxygen atoms in total. The molecule has 0 spiro atoms. The van der Waals surface area contributed by atoms with Crippen molar-refractivity contribution in [3.8, 4) is 22.5 Å². The third kappa shape index (κ3) is 6.08. The lowest BCUT2D eigenvalue weighted by atomic mass is 9.89. The number of carbonyl (C=O) groups is 4. The summed E-state index contributed by atoms with van der Waals surface area (Å²) in [6.45, 7) is 11.6. The molecule has 5 rings (SSSR count). The monoisotopic (exact) mass is 608 g/mol. The minimum Gasteiger partial charge on any atom is -0.545 e. The van der Waals surface area contributed by atoms with Crippen molar-refractivity contribution in [3.05, 3.63) is 83.2 Å². The van der Waals surface area contributed by atoms with Crippen LogP contribution in [0.4, 0.5) is 5.69 Å². The normalized spacial score (nSPS) is 12.8. The number of carboxylic acid groups (broad SMARTS) is 1. The molecular formula is C35H36N4O6. The summed E-state index contributed by atoms with van der Waals surface area (Å²) in [5.41, 5.74) is 3.33. The fourth-order valence-electron chi connectivity index (χ4n) is 5.84. The van der Waals surface area contributed by atoms with E-state index in [2.05, 4.69) is 42.5 Å². The van der Waals surface area contributed by atoms with E-state index in [1.54, 1.807) is 12.1 Å². The van der Waals surface area contributed by atoms with Crippen molar-refractivity contribution in [2.75, 3.05) is 44.2 Å². The predicted octanol–water partition coefficient (Wildman–Crippen LogP) is 2.88. The summed E-state index contributed by atoms with van der Waals surface area (Å²) in [6.07, 6.45) is 2.35. The molecule has 1 N–H and O–H groups in total. The van der Waals surface area contributed by atoms with Gasteiger partial charge in [0.1, 0.15) is 24.4 Å². The molecule has 0 saturated heterocycles. The molecule has 3 aliphatic rings. The van der Waals surface area contributed by atoms with Crippen LogP contribution in [0.3, 0.4) is 0 Å². The van der Waals surface area contributed by atoms with E-state index in [0.29, 0.717) is 22.5 Å². The Kier molecular flexibility index (Phi) is 9.13. The smallest absolute Gasteiger partial charge is 0.253 e. The van der Waals surface area contributed by atoms with Crippen LogP contribution < -0.4 is 25.3 Å². The average Bonchev–Trinajstić information content (AvgIpc) is 3.36. The number of carbonyl (C=O) groups excluding carboxylic acids is 4. The number of anilines is 1. The largest absolute Gasteiger partial charge is 0.545 e. The van der Waals surface area contributed by atoms with Gasteiger partial charge in [0.25, 0.3) is 17.7 Å². The van der Waals surface area contributed by atoms with Crippen LogP contribution in [-0.4, -0.2) is 67.9 Å². The molecule has 0 atom stereocenters. The number of benzene rings is 3. The van der Waals surface area contributed by atoms with Crippen LogP contribution in [-0.2, 0) is 9.59 Å². The number of imide groups is 1. The van der Waals surface area contributed by atoms with E-state index in [1.807, 2.05) is 36.4 Å². The number of fused-ring (bicyclic) bond motifs is 2. The second-order valence-electron chi connectivity index (χ2n) is 10.6. The molecule has 2 aliphatic heterocycles. The van der Waals surface area contributed by atoms with Crippen molar-refractivity contribution in [2.45, 2.75) is 27.7 Å². The van der Waals surface area contributed by atoms with E-state index in [9.17, 15) is 24.3 Å². The van der Waals surface area contributed by atoms with Gasteiger partial charge in [-0.1, -0.05) is 6.07 Å². The number of nitrogens with zero attached hydrogens (tertiary/aromatic N) is 3. The SMILES string of the molecule is CCN(CC)c1ccc2c(-c3ccc(C(=O)NCCN4C(=O)C=CC4=O)cc3C(=O)[O-])c3ccc(=[N+](CC)CC)cc-3oc2c1. The van der Waals surface area contributed by atoms with Crippen LogP contribution in [0.1, 0.15) is 48.4 Å². The standard InChI is InChI=1S/C35H36N4O6/c1-5-37(6-2)23-10-13-26-29(20-23)45-30-21-24(38(7-3)8-4)11-14-27(30)33(26)25-12-9-22(19-28(25)35(43)44)34(42)36-17-18-39-31(40)15-16-32(39)41/h9-16,19-21H,5-8,17-18H2,1-4H3,(H-,36,42,43,44). The Labute approximate surface area is 261 Å². The summed E-state index contributed by atoms with van der Waals surface area (Å²) in [5.74, 6) is -2.26. The Morgan fingerprint density at radius 3 is 2.22 bits per heavy atom. The van der Waals surface area contributed by atoms with E-state index in [1.165, 1.54) is 18.2 Å². The number of aromatic carboxylic acids is 1. The lowest BCUT2D eigenvalue weighted by molar-refractivity contribution is -0.254. The number of nitrogens with one attached hydrogen (secondary N) is 1. The highest BCUT2D eigenvalue weighted by Gasteiger charge is 2.24. The van der Waals surface area contributed by atoms with Crippen LogP contribution in [0, 0.1) is 0 Å². The van der Waals surface area contributed by atoms with E-state index < -0.39 is 23.7 Å². The Morgan fingerprint density at radius 1 is 0.889 bits per heavy atom. The topological polar surface area (TPSA) is 126 Å². The summed E-state index contributed by atoms with van der Waals surface area (Å²) in [4.78, 5) is 52.4. The quantitative estimate of drug-likeness (QED) is 0.158. The molecule has 0 fully saturated rings. The maximum Gasteiger partial charge on any atom is 0.253 e. The zero-order valence-electron chi connectivity index (χ0n) is 25.9. The lowest BCUT2D eigenvalue weighted by Gasteiger charge is -2.23. The maximum absolute atomic E-state index is 13.0. The minimum atomic E-state index is -1.43. The highest BCUT2D eigenvalue weighted by molar-refractivity contribution is 6.13.